The van der Waals surface area contributed by atoms with Gasteiger partial charge < -0.3 is 9.98 Å². The lowest BCUT2D eigenvalue weighted by molar-refractivity contribution is 1.17. The average Bonchev–Trinajstić information content (AvgIpc) is 2.96. The highest BCUT2D eigenvalue weighted by Gasteiger charge is 2.11. The second-order valence-electron chi connectivity index (χ2n) is 5.75. The topological polar surface area (TPSA) is 28.8 Å². The Labute approximate surface area is 135 Å². The minimum absolute atomic E-state index is 0.674. The zero-order chi connectivity index (χ0) is 15.8. The van der Waals surface area contributed by atoms with E-state index >= 15 is 0 Å². The summed E-state index contributed by atoms with van der Waals surface area (Å²) in [5.74, 6) is 0. The number of nitrogens with zero attached hydrogens (tertiary/aromatic N) is 1. The molecule has 2 heteroatoms. The van der Waals surface area contributed by atoms with E-state index < -0.39 is 0 Å². The van der Waals surface area contributed by atoms with Crippen molar-refractivity contribution in [3.63, 3.8) is 0 Å². The SMILES string of the molecule is CCC(=N)c1cccc(-n2c3ccccc3c3ccccc32)c1. The van der Waals surface area contributed by atoms with Crippen molar-refractivity contribution in [3.05, 3.63) is 78.4 Å². The molecule has 3 aromatic carbocycles. The third-order valence-electron chi connectivity index (χ3n) is 4.39. The van der Waals surface area contributed by atoms with Crippen LogP contribution in [0.2, 0.25) is 0 Å². The van der Waals surface area contributed by atoms with E-state index in [-0.39, 0.29) is 0 Å². The average molecular weight is 298 g/mol. The van der Waals surface area contributed by atoms with Crippen LogP contribution in [0.4, 0.5) is 0 Å². The summed E-state index contributed by atoms with van der Waals surface area (Å²) in [4.78, 5) is 0. The molecule has 1 heterocycles. The van der Waals surface area contributed by atoms with Gasteiger partial charge in [-0.25, -0.2) is 0 Å². The van der Waals surface area contributed by atoms with E-state index in [4.69, 9.17) is 5.41 Å². The molecule has 0 aliphatic carbocycles. The minimum Gasteiger partial charge on any atom is -0.309 e. The van der Waals surface area contributed by atoms with Gasteiger partial charge in [-0.2, -0.15) is 0 Å². The van der Waals surface area contributed by atoms with Crippen molar-refractivity contribution in [3.8, 4) is 5.69 Å². The van der Waals surface area contributed by atoms with Crippen LogP contribution < -0.4 is 0 Å². The van der Waals surface area contributed by atoms with Crippen LogP contribution in [0, 0.1) is 5.41 Å². The van der Waals surface area contributed by atoms with Crippen LogP contribution in [0.25, 0.3) is 27.5 Å². The van der Waals surface area contributed by atoms with Gasteiger partial charge in [-0.3, -0.25) is 0 Å². The predicted octanol–water partition coefficient (Wildman–Crippen LogP) is 5.56. The van der Waals surface area contributed by atoms with Crippen LogP contribution in [-0.4, -0.2) is 10.3 Å². The summed E-state index contributed by atoms with van der Waals surface area (Å²) in [7, 11) is 0. The predicted molar refractivity (Wildman–Crippen MR) is 97.9 cm³/mol. The standard InChI is InChI=1S/C21H18N2/c1-2-19(22)15-8-7-9-16(14-15)23-20-12-5-3-10-17(20)18-11-4-6-13-21(18)23/h3-14,22H,2H2,1H3. The van der Waals surface area contributed by atoms with Gasteiger partial charge in [0.2, 0.25) is 0 Å². The number of hydrogen-bond acceptors (Lipinski definition) is 1. The van der Waals surface area contributed by atoms with Gasteiger partial charge in [0.1, 0.15) is 0 Å². The zero-order valence-corrected chi connectivity index (χ0v) is 13.1. The molecule has 0 unspecified atom stereocenters. The Morgan fingerprint density at radius 1 is 0.826 bits per heavy atom. The Balaban J connectivity index is 2.06. The first-order valence-corrected chi connectivity index (χ1v) is 7.96. The van der Waals surface area contributed by atoms with Gasteiger partial charge in [-0.1, -0.05) is 55.5 Å². The Kier molecular flexibility index (Phi) is 3.23. The smallest absolute Gasteiger partial charge is 0.0541 e. The lowest BCUT2D eigenvalue weighted by Gasteiger charge is -2.10. The first kappa shape index (κ1) is 13.8. The van der Waals surface area contributed by atoms with E-state index in [1.54, 1.807) is 0 Å². The van der Waals surface area contributed by atoms with E-state index in [1.807, 2.05) is 19.1 Å². The maximum absolute atomic E-state index is 8.12. The monoisotopic (exact) mass is 298 g/mol. The van der Waals surface area contributed by atoms with Gasteiger partial charge >= 0.3 is 0 Å². The molecule has 0 bridgehead atoms. The number of fused-ring (bicyclic) bond motifs is 3. The fourth-order valence-electron chi connectivity index (χ4n) is 3.24. The number of rotatable bonds is 3. The Morgan fingerprint density at radius 2 is 1.43 bits per heavy atom. The molecule has 1 aromatic heterocycles. The molecule has 0 spiro atoms. The van der Waals surface area contributed by atoms with Crippen LogP contribution in [0.1, 0.15) is 18.9 Å². The molecule has 4 rings (SSSR count). The van der Waals surface area contributed by atoms with Crippen molar-refractivity contribution >= 4 is 27.5 Å². The second-order valence-corrected chi connectivity index (χ2v) is 5.75. The lowest BCUT2D eigenvalue weighted by atomic mass is 10.1. The Hall–Kier alpha value is -2.87. The third kappa shape index (κ3) is 2.15. The maximum atomic E-state index is 8.12. The van der Waals surface area contributed by atoms with Crippen LogP contribution >= 0.6 is 0 Å². The molecule has 0 saturated carbocycles. The molecule has 23 heavy (non-hydrogen) atoms. The fourth-order valence-corrected chi connectivity index (χ4v) is 3.24. The number of hydrogen-bond donors (Lipinski definition) is 1. The van der Waals surface area contributed by atoms with E-state index in [2.05, 4.69) is 65.2 Å². The number of benzene rings is 3. The van der Waals surface area contributed by atoms with E-state index in [1.165, 1.54) is 21.8 Å². The summed E-state index contributed by atoms with van der Waals surface area (Å²) >= 11 is 0. The molecule has 0 saturated heterocycles. The first-order chi connectivity index (χ1) is 11.3. The van der Waals surface area contributed by atoms with E-state index in [0.29, 0.717) is 5.71 Å². The highest BCUT2D eigenvalue weighted by atomic mass is 15.0. The normalized spacial score (nSPS) is 11.2. The van der Waals surface area contributed by atoms with E-state index in [0.717, 1.165) is 17.7 Å². The molecule has 112 valence electrons. The minimum atomic E-state index is 0.674. The van der Waals surface area contributed by atoms with Gasteiger partial charge in [0.05, 0.1) is 11.0 Å². The third-order valence-corrected chi connectivity index (χ3v) is 4.39. The molecule has 4 aromatic rings. The van der Waals surface area contributed by atoms with Gasteiger partial charge in [0.25, 0.3) is 0 Å². The van der Waals surface area contributed by atoms with Crippen molar-refractivity contribution in [2.24, 2.45) is 0 Å². The van der Waals surface area contributed by atoms with E-state index in [9.17, 15) is 0 Å². The van der Waals surface area contributed by atoms with Crippen molar-refractivity contribution in [1.29, 1.82) is 5.41 Å². The second kappa shape index (κ2) is 5.40. The maximum Gasteiger partial charge on any atom is 0.0541 e. The summed E-state index contributed by atoms with van der Waals surface area (Å²) in [6.07, 6.45) is 0.747. The van der Waals surface area contributed by atoms with Gasteiger partial charge in [-0.05, 0) is 36.2 Å². The molecule has 0 aliphatic heterocycles. The molecule has 2 nitrogen and oxygen atoms in total. The van der Waals surface area contributed by atoms with Crippen molar-refractivity contribution in [2.75, 3.05) is 0 Å². The summed E-state index contributed by atoms with van der Waals surface area (Å²) in [5.41, 5.74) is 5.18. The highest BCUT2D eigenvalue weighted by Crippen LogP contribution is 2.31. The molecule has 0 amide bonds. The number of nitrogens with one attached hydrogen (secondary N) is 1. The first-order valence-electron chi connectivity index (χ1n) is 7.96. The molecular weight excluding hydrogens is 280 g/mol. The van der Waals surface area contributed by atoms with Crippen LogP contribution in [0.15, 0.2) is 72.8 Å². The number of aromatic nitrogens is 1. The number of para-hydroxylation sites is 2. The van der Waals surface area contributed by atoms with Crippen LogP contribution in [-0.2, 0) is 0 Å². The molecule has 0 aliphatic rings. The Bertz CT molecular complexity index is 971. The van der Waals surface area contributed by atoms with Gasteiger partial charge in [0, 0.05) is 22.2 Å². The summed E-state index contributed by atoms with van der Waals surface area (Å²) in [6.45, 7) is 2.02. The molecule has 0 atom stereocenters. The Morgan fingerprint density at radius 3 is 2.04 bits per heavy atom. The molecular formula is C21H18N2. The molecule has 1 N–H and O–H groups in total. The zero-order valence-electron chi connectivity index (χ0n) is 13.1. The van der Waals surface area contributed by atoms with Crippen molar-refractivity contribution in [1.82, 2.24) is 4.57 Å². The summed E-state index contributed by atoms with van der Waals surface area (Å²) in [6, 6.07) is 25.3. The lowest BCUT2D eigenvalue weighted by Crippen LogP contribution is -2.00. The van der Waals surface area contributed by atoms with Crippen LogP contribution in [0.3, 0.4) is 0 Å². The van der Waals surface area contributed by atoms with Crippen molar-refractivity contribution in [2.45, 2.75) is 13.3 Å². The quantitative estimate of drug-likeness (QED) is 0.480. The van der Waals surface area contributed by atoms with Crippen LogP contribution in [0.5, 0.6) is 0 Å². The largest absolute Gasteiger partial charge is 0.309 e. The fraction of sp³-hybridized carbons (Fsp3) is 0.0952. The van der Waals surface area contributed by atoms with Crippen molar-refractivity contribution < 1.29 is 0 Å². The molecule has 0 fully saturated rings. The van der Waals surface area contributed by atoms with Gasteiger partial charge in [0.15, 0.2) is 0 Å². The summed E-state index contributed by atoms with van der Waals surface area (Å²) in [5, 5.41) is 10.6. The molecule has 0 radical (unpaired) electrons. The highest BCUT2D eigenvalue weighted by molar-refractivity contribution is 6.09. The summed E-state index contributed by atoms with van der Waals surface area (Å²) < 4.78 is 2.29. The van der Waals surface area contributed by atoms with Gasteiger partial charge in [-0.15, -0.1) is 0 Å².